The van der Waals surface area contributed by atoms with Crippen molar-refractivity contribution in [1.82, 2.24) is 24.7 Å². The SMILES string of the molecule is COc1cc(C)nc(N2CCCC(c3nncn3C(C)C)C2)n1. The molecule has 0 saturated carbocycles. The van der Waals surface area contributed by atoms with Gasteiger partial charge in [0, 0.05) is 36.8 Å². The van der Waals surface area contributed by atoms with Gasteiger partial charge in [-0.2, -0.15) is 4.98 Å². The number of aryl methyl sites for hydroxylation is 1. The lowest BCUT2D eigenvalue weighted by Gasteiger charge is -2.32. The third-order valence-electron chi connectivity index (χ3n) is 4.25. The fourth-order valence-corrected chi connectivity index (χ4v) is 3.08. The van der Waals surface area contributed by atoms with Crippen LogP contribution in [0.2, 0.25) is 0 Å². The van der Waals surface area contributed by atoms with Crippen LogP contribution in [-0.2, 0) is 0 Å². The van der Waals surface area contributed by atoms with E-state index in [0.717, 1.165) is 43.4 Å². The van der Waals surface area contributed by atoms with Crippen LogP contribution in [0, 0.1) is 6.92 Å². The molecule has 7 heteroatoms. The monoisotopic (exact) mass is 316 g/mol. The summed E-state index contributed by atoms with van der Waals surface area (Å²) in [4.78, 5) is 11.3. The lowest BCUT2D eigenvalue weighted by Crippen LogP contribution is -2.36. The van der Waals surface area contributed by atoms with E-state index in [-0.39, 0.29) is 0 Å². The van der Waals surface area contributed by atoms with Crippen LogP contribution in [0.4, 0.5) is 5.95 Å². The third-order valence-corrected chi connectivity index (χ3v) is 4.25. The van der Waals surface area contributed by atoms with Crippen LogP contribution < -0.4 is 9.64 Å². The summed E-state index contributed by atoms with van der Waals surface area (Å²) < 4.78 is 7.43. The predicted octanol–water partition coefficient (Wildman–Crippen LogP) is 2.35. The lowest BCUT2D eigenvalue weighted by atomic mass is 9.97. The molecular formula is C16H24N6O. The summed E-state index contributed by atoms with van der Waals surface area (Å²) >= 11 is 0. The van der Waals surface area contributed by atoms with Gasteiger partial charge in [-0.25, -0.2) is 4.98 Å². The van der Waals surface area contributed by atoms with E-state index in [9.17, 15) is 0 Å². The van der Waals surface area contributed by atoms with Gasteiger partial charge in [-0.15, -0.1) is 10.2 Å². The van der Waals surface area contributed by atoms with E-state index in [4.69, 9.17) is 4.74 Å². The number of hydrogen-bond donors (Lipinski definition) is 0. The first-order valence-electron chi connectivity index (χ1n) is 8.12. The maximum atomic E-state index is 5.27. The highest BCUT2D eigenvalue weighted by atomic mass is 16.5. The molecule has 0 amide bonds. The van der Waals surface area contributed by atoms with Gasteiger partial charge in [-0.1, -0.05) is 0 Å². The first kappa shape index (κ1) is 15.7. The Morgan fingerprint density at radius 1 is 1.30 bits per heavy atom. The molecule has 1 aliphatic heterocycles. The summed E-state index contributed by atoms with van der Waals surface area (Å²) in [6.07, 6.45) is 4.03. The van der Waals surface area contributed by atoms with Gasteiger partial charge in [-0.3, -0.25) is 0 Å². The van der Waals surface area contributed by atoms with E-state index in [1.165, 1.54) is 0 Å². The van der Waals surface area contributed by atoms with Gasteiger partial charge < -0.3 is 14.2 Å². The minimum absolute atomic E-state index is 0.351. The van der Waals surface area contributed by atoms with E-state index >= 15 is 0 Å². The van der Waals surface area contributed by atoms with Crippen molar-refractivity contribution in [2.75, 3.05) is 25.1 Å². The molecule has 7 nitrogen and oxygen atoms in total. The van der Waals surface area contributed by atoms with Crippen molar-refractivity contribution in [3.05, 3.63) is 23.9 Å². The number of nitrogens with zero attached hydrogens (tertiary/aromatic N) is 6. The van der Waals surface area contributed by atoms with Crippen LogP contribution in [0.5, 0.6) is 5.88 Å². The average molecular weight is 316 g/mol. The van der Waals surface area contributed by atoms with Gasteiger partial charge in [0.25, 0.3) is 0 Å². The first-order valence-corrected chi connectivity index (χ1v) is 8.12. The summed E-state index contributed by atoms with van der Waals surface area (Å²) in [5.74, 6) is 2.76. The summed E-state index contributed by atoms with van der Waals surface area (Å²) in [5, 5.41) is 8.46. The molecule has 1 fully saturated rings. The summed E-state index contributed by atoms with van der Waals surface area (Å²) in [5.41, 5.74) is 0.916. The Labute approximate surface area is 136 Å². The molecule has 3 rings (SSSR count). The van der Waals surface area contributed by atoms with Crippen molar-refractivity contribution in [3.63, 3.8) is 0 Å². The number of hydrogen-bond acceptors (Lipinski definition) is 6. The molecule has 0 radical (unpaired) electrons. The molecule has 2 aromatic heterocycles. The normalized spacial score (nSPS) is 18.5. The molecule has 0 aromatic carbocycles. The largest absolute Gasteiger partial charge is 0.481 e. The van der Waals surface area contributed by atoms with Crippen molar-refractivity contribution in [1.29, 1.82) is 0 Å². The molecular weight excluding hydrogens is 292 g/mol. The maximum Gasteiger partial charge on any atom is 0.228 e. The zero-order chi connectivity index (χ0) is 16.4. The number of anilines is 1. The van der Waals surface area contributed by atoms with Crippen molar-refractivity contribution >= 4 is 5.95 Å². The maximum absolute atomic E-state index is 5.27. The summed E-state index contributed by atoms with van der Waals surface area (Å²) in [6.45, 7) is 8.09. The van der Waals surface area contributed by atoms with Crippen molar-refractivity contribution in [2.45, 2.75) is 45.6 Å². The van der Waals surface area contributed by atoms with Gasteiger partial charge in [0.1, 0.15) is 12.2 Å². The minimum Gasteiger partial charge on any atom is -0.481 e. The smallest absolute Gasteiger partial charge is 0.228 e. The Morgan fingerprint density at radius 3 is 2.87 bits per heavy atom. The average Bonchev–Trinajstić information content (AvgIpc) is 3.04. The Hall–Kier alpha value is -2.18. The summed E-state index contributed by atoms with van der Waals surface area (Å²) in [7, 11) is 1.63. The van der Waals surface area contributed by atoms with Crippen LogP contribution in [0.3, 0.4) is 0 Å². The fourth-order valence-electron chi connectivity index (χ4n) is 3.08. The molecule has 23 heavy (non-hydrogen) atoms. The van der Waals surface area contributed by atoms with Gasteiger partial charge in [-0.05, 0) is 33.6 Å². The molecule has 1 atom stereocenters. The molecule has 0 N–H and O–H groups in total. The van der Waals surface area contributed by atoms with E-state index in [1.54, 1.807) is 7.11 Å². The highest BCUT2D eigenvalue weighted by molar-refractivity contribution is 5.35. The second kappa shape index (κ2) is 6.52. The topological polar surface area (TPSA) is 69.0 Å². The molecule has 124 valence electrons. The number of ether oxygens (including phenoxy) is 1. The molecule has 2 aromatic rings. The first-order chi connectivity index (χ1) is 11.1. The molecule has 1 saturated heterocycles. The van der Waals surface area contributed by atoms with Crippen LogP contribution in [-0.4, -0.2) is 44.9 Å². The van der Waals surface area contributed by atoms with Crippen molar-refractivity contribution in [3.8, 4) is 5.88 Å². The van der Waals surface area contributed by atoms with E-state index in [0.29, 0.717) is 17.8 Å². The molecule has 0 bridgehead atoms. The lowest BCUT2D eigenvalue weighted by molar-refractivity contribution is 0.394. The number of piperidine rings is 1. The number of methoxy groups -OCH3 is 1. The molecule has 3 heterocycles. The Morgan fingerprint density at radius 2 is 2.13 bits per heavy atom. The molecule has 0 aliphatic carbocycles. The summed E-state index contributed by atoms with van der Waals surface area (Å²) in [6, 6.07) is 2.21. The number of rotatable bonds is 4. The van der Waals surface area contributed by atoms with Crippen molar-refractivity contribution in [2.24, 2.45) is 0 Å². The van der Waals surface area contributed by atoms with Crippen LogP contribution >= 0.6 is 0 Å². The van der Waals surface area contributed by atoms with E-state index in [1.807, 2.05) is 19.3 Å². The highest BCUT2D eigenvalue weighted by Gasteiger charge is 2.27. The standard InChI is InChI=1S/C16H24N6O/c1-11(2)22-10-17-20-15(22)13-6-5-7-21(9-13)16-18-12(3)8-14(19-16)23-4/h8,10-11,13H,5-7,9H2,1-4H3. The Balaban J connectivity index is 1.83. The van der Waals surface area contributed by atoms with Crippen LogP contribution in [0.25, 0.3) is 0 Å². The zero-order valence-corrected chi connectivity index (χ0v) is 14.2. The quantitative estimate of drug-likeness (QED) is 0.862. The van der Waals surface area contributed by atoms with E-state index in [2.05, 4.69) is 43.5 Å². The van der Waals surface area contributed by atoms with Crippen molar-refractivity contribution < 1.29 is 4.74 Å². The van der Waals surface area contributed by atoms with Gasteiger partial charge in [0.2, 0.25) is 11.8 Å². The molecule has 1 unspecified atom stereocenters. The molecule has 1 aliphatic rings. The fraction of sp³-hybridized carbons (Fsp3) is 0.625. The minimum atomic E-state index is 0.351. The Bertz CT molecular complexity index is 668. The van der Waals surface area contributed by atoms with Crippen LogP contribution in [0.1, 0.15) is 50.2 Å². The third kappa shape index (κ3) is 3.28. The zero-order valence-electron chi connectivity index (χ0n) is 14.2. The van der Waals surface area contributed by atoms with E-state index < -0.39 is 0 Å². The molecule has 0 spiro atoms. The van der Waals surface area contributed by atoms with Gasteiger partial charge in [0.15, 0.2) is 0 Å². The Kier molecular flexibility index (Phi) is 4.45. The second-order valence-electron chi connectivity index (χ2n) is 6.33. The van der Waals surface area contributed by atoms with Gasteiger partial charge >= 0.3 is 0 Å². The van der Waals surface area contributed by atoms with Gasteiger partial charge in [0.05, 0.1) is 7.11 Å². The predicted molar refractivity (Wildman–Crippen MR) is 87.9 cm³/mol. The second-order valence-corrected chi connectivity index (χ2v) is 6.33. The highest BCUT2D eigenvalue weighted by Crippen LogP contribution is 2.29. The number of aromatic nitrogens is 5. The van der Waals surface area contributed by atoms with Crippen LogP contribution in [0.15, 0.2) is 12.4 Å².